The summed E-state index contributed by atoms with van der Waals surface area (Å²) in [6.07, 6.45) is 4.43. The minimum Gasteiger partial charge on any atom is -0.495 e. The van der Waals surface area contributed by atoms with Crippen molar-refractivity contribution in [3.63, 3.8) is 0 Å². The number of hydrogen-bond acceptors (Lipinski definition) is 4. The Bertz CT molecular complexity index is 1000. The highest BCUT2D eigenvalue weighted by atomic mass is 32.2. The highest BCUT2D eigenvalue weighted by molar-refractivity contribution is 7.89. The SMILES string of the molecule is COc1ccc(C(=O)N2CCCC2Cc2ccccc2)cc1S(=O)(=O)N1CCCC1. The van der Waals surface area contributed by atoms with Gasteiger partial charge in [0.1, 0.15) is 10.6 Å². The third-order valence-corrected chi connectivity index (χ3v) is 7.97. The molecule has 30 heavy (non-hydrogen) atoms. The summed E-state index contributed by atoms with van der Waals surface area (Å²) in [4.78, 5) is 15.3. The zero-order chi connectivity index (χ0) is 21.1. The number of sulfonamides is 1. The first-order valence-corrected chi connectivity index (χ1v) is 12.0. The lowest BCUT2D eigenvalue weighted by atomic mass is 10.0. The van der Waals surface area contributed by atoms with Gasteiger partial charge in [-0.1, -0.05) is 30.3 Å². The van der Waals surface area contributed by atoms with Gasteiger partial charge in [-0.25, -0.2) is 8.42 Å². The molecular formula is C23H28N2O4S. The molecule has 4 rings (SSSR count). The second-order valence-electron chi connectivity index (χ2n) is 7.96. The van der Waals surface area contributed by atoms with E-state index in [0.717, 1.165) is 32.1 Å². The average molecular weight is 429 g/mol. The van der Waals surface area contributed by atoms with Gasteiger partial charge in [0.2, 0.25) is 10.0 Å². The van der Waals surface area contributed by atoms with E-state index in [0.29, 0.717) is 25.2 Å². The molecule has 1 unspecified atom stereocenters. The van der Waals surface area contributed by atoms with Crippen LogP contribution in [0.4, 0.5) is 0 Å². The first-order chi connectivity index (χ1) is 14.5. The molecule has 2 aromatic carbocycles. The largest absolute Gasteiger partial charge is 0.495 e. The molecule has 2 fully saturated rings. The summed E-state index contributed by atoms with van der Waals surface area (Å²) in [7, 11) is -2.23. The van der Waals surface area contributed by atoms with Crippen molar-refractivity contribution in [2.75, 3.05) is 26.7 Å². The van der Waals surface area contributed by atoms with Gasteiger partial charge in [0.15, 0.2) is 0 Å². The minimum absolute atomic E-state index is 0.0801. The number of amides is 1. The highest BCUT2D eigenvalue weighted by Gasteiger charge is 2.33. The lowest BCUT2D eigenvalue weighted by Crippen LogP contribution is -2.37. The van der Waals surface area contributed by atoms with E-state index in [1.807, 2.05) is 23.1 Å². The van der Waals surface area contributed by atoms with E-state index in [1.165, 1.54) is 23.0 Å². The number of carbonyl (C=O) groups excluding carboxylic acids is 1. The molecule has 0 aliphatic carbocycles. The van der Waals surface area contributed by atoms with Crippen molar-refractivity contribution in [3.8, 4) is 5.75 Å². The van der Waals surface area contributed by atoms with Crippen LogP contribution in [0.1, 0.15) is 41.6 Å². The van der Waals surface area contributed by atoms with Crippen LogP contribution in [0.5, 0.6) is 5.75 Å². The molecule has 2 aliphatic rings. The maximum absolute atomic E-state index is 13.3. The Morgan fingerprint density at radius 2 is 1.77 bits per heavy atom. The number of likely N-dealkylation sites (tertiary alicyclic amines) is 1. The fraction of sp³-hybridized carbons (Fsp3) is 0.435. The van der Waals surface area contributed by atoms with E-state index in [1.54, 1.807) is 12.1 Å². The summed E-state index contributed by atoms with van der Waals surface area (Å²) in [5.74, 6) is 0.162. The van der Waals surface area contributed by atoms with Crippen molar-refractivity contribution in [1.82, 2.24) is 9.21 Å². The number of methoxy groups -OCH3 is 1. The monoisotopic (exact) mass is 428 g/mol. The van der Waals surface area contributed by atoms with Crippen molar-refractivity contribution in [2.24, 2.45) is 0 Å². The molecule has 2 heterocycles. The lowest BCUT2D eigenvalue weighted by molar-refractivity contribution is 0.0736. The fourth-order valence-corrected chi connectivity index (χ4v) is 6.14. The van der Waals surface area contributed by atoms with Gasteiger partial charge in [-0.2, -0.15) is 4.31 Å². The minimum atomic E-state index is -3.69. The number of nitrogens with zero attached hydrogens (tertiary/aromatic N) is 2. The van der Waals surface area contributed by atoms with E-state index in [9.17, 15) is 13.2 Å². The molecule has 1 atom stereocenters. The molecule has 0 aromatic heterocycles. The molecular weight excluding hydrogens is 400 g/mol. The molecule has 0 N–H and O–H groups in total. The highest BCUT2D eigenvalue weighted by Crippen LogP contribution is 2.31. The van der Waals surface area contributed by atoms with E-state index in [2.05, 4.69) is 12.1 Å². The standard InChI is InChI=1S/C23H28N2O4S/c1-29-21-12-11-19(17-22(21)30(27,28)24-13-5-6-14-24)23(26)25-15-7-10-20(25)16-18-8-3-2-4-9-18/h2-4,8-9,11-12,17,20H,5-7,10,13-16H2,1H3. The molecule has 160 valence electrons. The summed E-state index contributed by atoms with van der Waals surface area (Å²) < 4.78 is 33.1. The van der Waals surface area contributed by atoms with E-state index in [4.69, 9.17) is 4.74 Å². The van der Waals surface area contributed by atoms with Crippen molar-refractivity contribution >= 4 is 15.9 Å². The van der Waals surface area contributed by atoms with Gasteiger partial charge in [-0.3, -0.25) is 4.79 Å². The van der Waals surface area contributed by atoms with Crippen LogP contribution in [-0.4, -0.2) is 56.3 Å². The van der Waals surface area contributed by atoms with Gasteiger partial charge in [0, 0.05) is 31.2 Å². The first-order valence-electron chi connectivity index (χ1n) is 10.5. The van der Waals surface area contributed by atoms with Crippen molar-refractivity contribution < 1.29 is 17.9 Å². The number of hydrogen-bond donors (Lipinski definition) is 0. The number of carbonyl (C=O) groups is 1. The molecule has 7 heteroatoms. The van der Waals surface area contributed by atoms with Crippen molar-refractivity contribution in [3.05, 3.63) is 59.7 Å². The van der Waals surface area contributed by atoms with Crippen LogP contribution in [0.3, 0.4) is 0 Å². The normalized spacial score (nSPS) is 19.9. The average Bonchev–Trinajstić information content (AvgIpc) is 3.46. The fourth-order valence-electron chi connectivity index (χ4n) is 4.45. The van der Waals surface area contributed by atoms with Crippen LogP contribution in [0.2, 0.25) is 0 Å². The van der Waals surface area contributed by atoms with Crippen LogP contribution in [0.25, 0.3) is 0 Å². The Morgan fingerprint density at radius 3 is 2.47 bits per heavy atom. The summed E-state index contributed by atoms with van der Waals surface area (Å²) in [6, 6.07) is 15.0. The van der Waals surface area contributed by atoms with Crippen LogP contribution >= 0.6 is 0 Å². The second kappa shape index (κ2) is 8.78. The quantitative estimate of drug-likeness (QED) is 0.708. The predicted octanol–water partition coefficient (Wildman–Crippen LogP) is 3.33. The van der Waals surface area contributed by atoms with Gasteiger partial charge >= 0.3 is 0 Å². The van der Waals surface area contributed by atoms with E-state index in [-0.39, 0.29) is 22.6 Å². The smallest absolute Gasteiger partial charge is 0.254 e. The zero-order valence-corrected chi connectivity index (χ0v) is 18.1. The molecule has 0 radical (unpaired) electrons. The third-order valence-electron chi connectivity index (χ3n) is 6.05. The predicted molar refractivity (Wildman–Crippen MR) is 115 cm³/mol. The van der Waals surface area contributed by atoms with Gasteiger partial charge in [0.05, 0.1) is 7.11 Å². The molecule has 0 spiro atoms. The Hall–Kier alpha value is -2.38. The number of ether oxygens (including phenoxy) is 1. The van der Waals surface area contributed by atoms with Gasteiger partial charge < -0.3 is 9.64 Å². The Kier molecular flexibility index (Phi) is 6.11. The molecule has 6 nitrogen and oxygen atoms in total. The van der Waals surface area contributed by atoms with Crippen LogP contribution in [0, 0.1) is 0 Å². The van der Waals surface area contributed by atoms with Crippen LogP contribution in [-0.2, 0) is 16.4 Å². The van der Waals surface area contributed by atoms with Gasteiger partial charge in [-0.05, 0) is 55.9 Å². The van der Waals surface area contributed by atoms with Crippen LogP contribution < -0.4 is 4.74 Å². The van der Waals surface area contributed by atoms with E-state index >= 15 is 0 Å². The Morgan fingerprint density at radius 1 is 1.03 bits per heavy atom. The third kappa shape index (κ3) is 4.09. The topological polar surface area (TPSA) is 66.9 Å². The maximum atomic E-state index is 13.3. The van der Waals surface area contributed by atoms with E-state index < -0.39 is 10.0 Å². The molecule has 2 saturated heterocycles. The summed E-state index contributed by atoms with van der Waals surface area (Å²) in [5.41, 5.74) is 1.60. The Labute approximate surface area is 178 Å². The lowest BCUT2D eigenvalue weighted by Gasteiger charge is -2.25. The summed E-state index contributed by atoms with van der Waals surface area (Å²) in [6.45, 7) is 1.71. The molecule has 1 amide bonds. The molecule has 2 aliphatic heterocycles. The summed E-state index contributed by atoms with van der Waals surface area (Å²) in [5, 5.41) is 0. The molecule has 0 saturated carbocycles. The number of rotatable bonds is 6. The zero-order valence-electron chi connectivity index (χ0n) is 17.3. The molecule has 2 aromatic rings. The Balaban J connectivity index is 1.61. The van der Waals surface area contributed by atoms with Gasteiger partial charge in [-0.15, -0.1) is 0 Å². The summed E-state index contributed by atoms with van der Waals surface area (Å²) >= 11 is 0. The molecule has 0 bridgehead atoms. The second-order valence-corrected chi connectivity index (χ2v) is 9.87. The van der Waals surface area contributed by atoms with Crippen LogP contribution in [0.15, 0.2) is 53.4 Å². The van der Waals surface area contributed by atoms with Crippen molar-refractivity contribution in [1.29, 1.82) is 0 Å². The first kappa shape index (κ1) is 20.9. The number of benzene rings is 2. The van der Waals surface area contributed by atoms with Gasteiger partial charge in [0.25, 0.3) is 5.91 Å². The van der Waals surface area contributed by atoms with Crippen molar-refractivity contribution in [2.45, 2.75) is 43.0 Å². The maximum Gasteiger partial charge on any atom is 0.254 e.